The first-order valence-electron chi connectivity index (χ1n) is 6.93. The minimum atomic E-state index is -0.448. The van der Waals surface area contributed by atoms with Gasteiger partial charge < -0.3 is 14.6 Å². The lowest BCUT2D eigenvalue weighted by atomic mass is 9.85. The van der Waals surface area contributed by atoms with Crippen LogP contribution in [0.25, 0.3) is 0 Å². The van der Waals surface area contributed by atoms with Gasteiger partial charge in [-0.1, -0.05) is 6.42 Å². The van der Waals surface area contributed by atoms with Gasteiger partial charge >= 0.3 is 6.09 Å². The molecule has 19 heavy (non-hydrogen) atoms. The number of nitrogens with zero attached hydrogens (tertiary/aromatic N) is 2. The summed E-state index contributed by atoms with van der Waals surface area (Å²) in [6.07, 6.45) is 7.21. The normalized spacial score (nSPS) is 15.9. The van der Waals surface area contributed by atoms with Gasteiger partial charge in [0.2, 0.25) is 0 Å². The molecule has 0 bridgehead atoms. The summed E-state index contributed by atoms with van der Waals surface area (Å²) in [7, 11) is 0. The number of alkyl carbamates (subject to hydrolysis) is 1. The van der Waals surface area contributed by atoms with E-state index >= 15 is 0 Å². The molecule has 1 fully saturated rings. The Bertz CT molecular complexity index is 430. The highest BCUT2D eigenvalue weighted by Crippen LogP contribution is 2.35. The number of imidazole rings is 1. The van der Waals surface area contributed by atoms with Crippen LogP contribution in [0.15, 0.2) is 12.4 Å². The third kappa shape index (κ3) is 3.98. The summed E-state index contributed by atoms with van der Waals surface area (Å²) < 4.78 is 7.32. The number of hydrogen-bond donors (Lipinski definition) is 1. The first-order valence-corrected chi connectivity index (χ1v) is 6.93. The number of hydrogen-bond acceptors (Lipinski definition) is 3. The van der Waals surface area contributed by atoms with Crippen LogP contribution in [0.1, 0.15) is 51.8 Å². The van der Waals surface area contributed by atoms with Crippen molar-refractivity contribution < 1.29 is 9.53 Å². The second kappa shape index (κ2) is 5.63. The summed E-state index contributed by atoms with van der Waals surface area (Å²) >= 11 is 0. The highest BCUT2D eigenvalue weighted by atomic mass is 16.6. The standard InChI is InChI=1S/C14H23N3O2/c1-14(2,3)19-13(18)16-8-10-17-9-7-15-12(17)11-5-4-6-11/h7,9,11H,4-6,8,10H2,1-3H3,(H,16,18). The number of rotatable bonds is 4. The van der Waals surface area contributed by atoms with Gasteiger partial charge in [-0.15, -0.1) is 0 Å². The molecule has 2 rings (SSSR count). The van der Waals surface area contributed by atoms with E-state index in [-0.39, 0.29) is 6.09 Å². The average Bonchev–Trinajstić information content (AvgIpc) is 2.61. The fraction of sp³-hybridized carbons (Fsp3) is 0.714. The first kappa shape index (κ1) is 13.9. The van der Waals surface area contributed by atoms with Gasteiger partial charge in [0.05, 0.1) is 0 Å². The minimum absolute atomic E-state index is 0.363. The monoisotopic (exact) mass is 265 g/mol. The average molecular weight is 265 g/mol. The lowest BCUT2D eigenvalue weighted by molar-refractivity contribution is 0.0526. The van der Waals surface area contributed by atoms with Crippen LogP contribution in [0.3, 0.4) is 0 Å². The van der Waals surface area contributed by atoms with Gasteiger partial charge in [0, 0.05) is 31.4 Å². The molecule has 0 aliphatic heterocycles. The van der Waals surface area contributed by atoms with Gasteiger partial charge in [0.15, 0.2) is 0 Å². The van der Waals surface area contributed by atoms with Gasteiger partial charge in [-0.05, 0) is 33.6 Å². The molecule has 1 saturated carbocycles. The van der Waals surface area contributed by atoms with Gasteiger partial charge in [0.25, 0.3) is 0 Å². The summed E-state index contributed by atoms with van der Waals surface area (Å²) in [6.45, 7) is 6.88. The van der Waals surface area contributed by atoms with Crippen molar-refractivity contribution in [3.63, 3.8) is 0 Å². The fourth-order valence-corrected chi connectivity index (χ4v) is 2.13. The van der Waals surface area contributed by atoms with E-state index in [0.29, 0.717) is 12.5 Å². The number of amides is 1. The summed E-state index contributed by atoms with van der Waals surface area (Å²) in [5.74, 6) is 1.76. The lowest BCUT2D eigenvalue weighted by Gasteiger charge is -2.25. The molecular formula is C14H23N3O2. The molecule has 0 unspecified atom stereocenters. The summed E-state index contributed by atoms with van der Waals surface area (Å²) in [5.41, 5.74) is -0.448. The number of nitrogens with one attached hydrogen (secondary N) is 1. The Balaban J connectivity index is 1.76. The zero-order valence-corrected chi connectivity index (χ0v) is 12.0. The van der Waals surface area contributed by atoms with Crippen molar-refractivity contribution >= 4 is 6.09 Å². The predicted octanol–water partition coefficient (Wildman–Crippen LogP) is 2.68. The maximum absolute atomic E-state index is 11.5. The van der Waals surface area contributed by atoms with E-state index in [9.17, 15) is 4.79 Å². The van der Waals surface area contributed by atoms with E-state index < -0.39 is 5.60 Å². The van der Waals surface area contributed by atoms with Gasteiger partial charge in [-0.25, -0.2) is 9.78 Å². The molecule has 5 nitrogen and oxygen atoms in total. The second-order valence-corrected chi connectivity index (χ2v) is 6.04. The van der Waals surface area contributed by atoms with Crippen molar-refractivity contribution in [1.82, 2.24) is 14.9 Å². The van der Waals surface area contributed by atoms with E-state index in [4.69, 9.17) is 4.74 Å². The smallest absolute Gasteiger partial charge is 0.407 e. The topological polar surface area (TPSA) is 56.1 Å². The number of ether oxygens (including phenoxy) is 1. The third-order valence-electron chi connectivity index (χ3n) is 3.24. The van der Waals surface area contributed by atoms with Crippen LogP contribution in [0, 0.1) is 0 Å². The Hall–Kier alpha value is -1.52. The van der Waals surface area contributed by atoms with Crippen molar-refractivity contribution in [2.45, 2.75) is 58.1 Å². The molecule has 1 aliphatic carbocycles. The van der Waals surface area contributed by atoms with Crippen molar-refractivity contribution in [1.29, 1.82) is 0 Å². The lowest BCUT2D eigenvalue weighted by Crippen LogP contribution is -2.34. The molecule has 106 valence electrons. The third-order valence-corrected chi connectivity index (χ3v) is 3.24. The molecular weight excluding hydrogens is 242 g/mol. The first-order chi connectivity index (χ1) is 8.96. The van der Waals surface area contributed by atoms with Crippen molar-refractivity contribution in [2.24, 2.45) is 0 Å². The van der Waals surface area contributed by atoms with Crippen molar-refractivity contribution in [3.05, 3.63) is 18.2 Å². The maximum Gasteiger partial charge on any atom is 0.407 e. The number of aromatic nitrogens is 2. The summed E-state index contributed by atoms with van der Waals surface area (Å²) in [4.78, 5) is 15.9. The Morgan fingerprint density at radius 3 is 2.84 bits per heavy atom. The van der Waals surface area contributed by atoms with Gasteiger partial charge in [0.1, 0.15) is 11.4 Å². The Morgan fingerprint density at radius 1 is 1.53 bits per heavy atom. The van der Waals surface area contributed by atoms with Crippen LogP contribution in [0.5, 0.6) is 0 Å². The van der Waals surface area contributed by atoms with E-state index in [1.54, 1.807) is 0 Å². The van der Waals surface area contributed by atoms with E-state index in [2.05, 4.69) is 14.9 Å². The van der Waals surface area contributed by atoms with Crippen LogP contribution in [-0.4, -0.2) is 27.8 Å². The molecule has 0 radical (unpaired) electrons. The van der Waals surface area contributed by atoms with E-state index in [1.807, 2.05) is 33.2 Å². The molecule has 1 N–H and O–H groups in total. The van der Waals surface area contributed by atoms with Crippen molar-refractivity contribution in [2.75, 3.05) is 6.54 Å². The second-order valence-electron chi connectivity index (χ2n) is 6.04. The fourth-order valence-electron chi connectivity index (χ4n) is 2.13. The molecule has 1 aromatic heterocycles. The predicted molar refractivity (Wildman–Crippen MR) is 73.1 cm³/mol. The zero-order chi connectivity index (χ0) is 13.9. The molecule has 0 aromatic carbocycles. The van der Waals surface area contributed by atoms with Crippen LogP contribution < -0.4 is 5.32 Å². The molecule has 1 aliphatic rings. The van der Waals surface area contributed by atoms with Gasteiger partial charge in [-0.3, -0.25) is 0 Å². The zero-order valence-electron chi connectivity index (χ0n) is 12.0. The highest BCUT2D eigenvalue weighted by molar-refractivity contribution is 5.67. The van der Waals surface area contributed by atoms with E-state index in [1.165, 1.54) is 19.3 Å². The van der Waals surface area contributed by atoms with Crippen LogP contribution in [-0.2, 0) is 11.3 Å². The van der Waals surface area contributed by atoms with Crippen LogP contribution in [0.4, 0.5) is 4.79 Å². The quantitative estimate of drug-likeness (QED) is 0.910. The molecule has 0 atom stereocenters. The van der Waals surface area contributed by atoms with Gasteiger partial charge in [-0.2, -0.15) is 0 Å². The Morgan fingerprint density at radius 2 is 2.26 bits per heavy atom. The summed E-state index contributed by atoms with van der Waals surface area (Å²) in [5, 5.41) is 2.77. The number of carbonyl (C=O) groups excluding carboxylic acids is 1. The minimum Gasteiger partial charge on any atom is -0.444 e. The molecule has 0 saturated heterocycles. The Labute approximate surface area is 114 Å². The SMILES string of the molecule is CC(C)(C)OC(=O)NCCn1ccnc1C1CCC1. The molecule has 1 aromatic rings. The van der Waals surface area contributed by atoms with Crippen LogP contribution >= 0.6 is 0 Å². The van der Waals surface area contributed by atoms with Crippen molar-refractivity contribution in [3.8, 4) is 0 Å². The van der Waals surface area contributed by atoms with E-state index in [0.717, 1.165) is 12.4 Å². The maximum atomic E-state index is 11.5. The molecule has 1 heterocycles. The highest BCUT2D eigenvalue weighted by Gasteiger charge is 2.23. The molecule has 0 spiro atoms. The largest absolute Gasteiger partial charge is 0.444 e. The Kier molecular flexibility index (Phi) is 4.12. The molecule has 1 amide bonds. The molecule has 5 heteroatoms. The number of carbonyl (C=O) groups is 1. The summed E-state index contributed by atoms with van der Waals surface area (Å²) in [6, 6.07) is 0. The van der Waals surface area contributed by atoms with Crippen LogP contribution in [0.2, 0.25) is 0 Å².